The number of quaternary nitrogens is 1. The van der Waals surface area contributed by atoms with E-state index in [4.69, 9.17) is 17.0 Å². The fourth-order valence-corrected chi connectivity index (χ4v) is 7.39. The van der Waals surface area contributed by atoms with Crippen LogP contribution in [0, 0.1) is 23.5 Å². The molecule has 1 aromatic heterocycles. The van der Waals surface area contributed by atoms with Gasteiger partial charge in [0.2, 0.25) is 5.78 Å². The Balaban J connectivity index is 1.19. The number of carbonyl (C=O) groups is 1. The monoisotopic (exact) mass is 511 g/mol. The number of hydrogen-bond donors (Lipinski definition) is 1. The molecule has 4 heterocycles. The maximum absolute atomic E-state index is 14.0. The summed E-state index contributed by atoms with van der Waals surface area (Å²) in [7, 11) is 0. The minimum atomic E-state index is -0.738. The maximum Gasteiger partial charge on any atom is 0.258 e. The molecule has 35 heavy (non-hydrogen) atoms. The van der Waals surface area contributed by atoms with Gasteiger partial charge in [0.1, 0.15) is 30.3 Å². The molecule has 4 bridgehead atoms. The molecule has 2 aromatic carbocycles. The van der Waals surface area contributed by atoms with Crippen molar-refractivity contribution in [3.05, 3.63) is 93.7 Å². The summed E-state index contributed by atoms with van der Waals surface area (Å²) < 4.78 is 35.0. The first-order valence-electron chi connectivity index (χ1n) is 11.8. The summed E-state index contributed by atoms with van der Waals surface area (Å²) in [4.78, 5) is 13.7. The summed E-state index contributed by atoms with van der Waals surface area (Å²) in [6, 6.07) is 16.0. The number of ether oxygens (including phenoxy) is 1. The van der Waals surface area contributed by atoms with Gasteiger partial charge in [-0.15, -0.1) is 11.3 Å². The van der Waals surface area contributed by atoms with Crippen molar-refractivity contribution in [3.8, 4) is 0 Å². The second-order valence-corrected chi connectivity index (χ2v) is 11.3. The van der Waals surface area contributed by atoms with Crippen molar-refractivity contribution in [1.29, 1.82) is 0 Å². The largest absolute Gasteiger partial charge is 0.458 e. The van der Waals surface area contributed by atoms with Crippen LogP contribution in [0.4, 0.5) is 8.78 Å². The summed E-state index contributed by atoms with van der Waals surface area (Å²) in [5.74, 6) is 0.384. The van der Waals surface area contributed by atoms with E-state index in [9.17, 15) is 13.6 Å². The number of fused-ring (bicyclic) bond motifs is 1. The van der Waals surface area contributed by atoms with Crippen molar-refractivity contribution in [2.24, 2.45) is 11.8 Å². The Morgan fingerprint density at radius 2 is 1.83 bits per heavy atom. The van der Waals surface area contributed by atoms with Gasteiger partial charge in [-0.2, -0.15) is 0 Å². The molecule has 7 rings (SSSR count). The lowest BCUT2D eigenvalue weighted by Gasteiger charge is -2.42. The zero-order chi connectivity index (χ0) is 24.2. The Labute approximate surface area is 212 Å². The third kappa shape index (κ3) is 4.07. The number of Topliss-reactive ketones (excluding diaryl/α,β-unsaturated/α-hetero) is 1. The van der Waals surface area contributed by atoms with E-state index < -0.39 is 17.7 Å². The van der Waals surface area contributed by atoms with Crippen molar-refractivity contribution in [2.45, 2.75) is 18.1 Å². The second-order valence-electron chi connectivity index (χ2n) is 10.0. The number of nitrogens with one attached hydrogen (secondary N) is 1. The topological polar surface area (TPSA) is 38.3 Å². The molecule has 4 atom stereocenters. The number of rotatable bonds is 7. The van der Waals surface area contributed by atoms with Crippen molar-refractivity contribution in [1.82, 2.24) is 5.32 Å². The molecule has 4 aliphatic rings. The Morgan fingerprint density at radius 1 is 1.11 bits per heavy atom. The molecule has 1 saturated carbocycles. The Morgan fingerprint density at radius 3 is 2.46 bits per heavy atom. The van der Waals surface area contributed by atoms with E-state index >= 15 is 0 Å². The van der Waals surface area contributed by atoms with Crippen LogP contribution in [-0.4, -0.2) is 47.2 Å². The number of hydrogen-bond acceptors (Lipinski definition) is 4. The first kappa shape index (κ1) is 22.8. The van der Waals surface area contributed by atoms with Crippen molar-refractivity contribution < 1.29 is 22.8 Å². The van der Waals surface area contributed by atoms with Gasteiger partial charge in [0.15, 0.2) is 6.10 Å². The minimum absolute atomic E-state index is 0.167. The fraction of sp³-hybridized carbons (Fsp3) is 0.333. The van der Waals surface area contributed by atoms with E-state index in [2.05, 4.69) is 5.32 Å². The van der Waals surface area contributed by atoms with Gasteiger partial charge in [-0.1, -0.05) is 30.3 Å². The molecular formula is C27H25F2N2O2S2+. The van der Waals surface area contributed by atoms with Crippen LogP contribution < -0.4 is 5.32 Å². The highest BCUT2D eigenvalue weighted by Gasteiger charge is 2.78. The quantitative estimate of drug-likeness (QED) is 0.272. The summed E-state index contributed by atoms with van der Waals surface area (Å²) in [5.41, 5.74) is 0.956. The third-order valence-corrected chi connectivity index (χ3v) is 9.04. The molecule has 4 nitrogen and oxygen atoms in total. The molecule has 3 aliphatic heterocycles. The summed E-state index contributed by atoms with van der Waals surface area (Å²) in [6.45, 7) is 3.32. The van der Waals surface area contributed by atoms with Gasteiger partial charge in [-0.05, 0) is 59.1 Å². The van der Waals surface area contributed by atoms with Gasteiger partial charge in [0.25, 0.3) is 5.17 Å². The molecule has 0 amide bonds. The Kier molecular flexibility index (Phi) is 5.51. The predicted octanol–water partition coefficient (Wildman–Crippen LogP) is 5.11. The number of ketones is 1. The highest BCUT2D eigenvalue weighted by molar-refractivity contribution is 7.80. The molecule has 4 fully saturated rings. The van der Waals surface area contributed by atoms with Crippen molar-refractivity contribution in [2.75, 3.05) is 26.2 Å². The fourth-order valence-electron chi connectivity index (χ4n) is 6.45. The second kappa shape index (κ2) is 8.47. The zero-order valence-corrected chi connectivity index (χ0v) is 20.6. The van der Waals surface area contributed by atoms with Gasteiger partial charge < -0.3 is 14.5 Å². The molecule has 3 saturated heterocycles. The van der Waals surface area contributed by atoms with Gasteiger partial charge in [0, 0.05) is 18.3 Å². The van der Waals surface area contributed by atoms with Gasteiger partial charge in [-0.25, -0.2) is 8.78 Å². The summed E-state index contributed by atoms with van der Waals surface area (Å²) in [6.07, 6.45) is 0.312. The first-order chi connectivity index (χ1) is 16.9. The van der Waals surface area contributed by atoms with Crippen LogP contribution >= 0.6 is 23.6 Å². The van der Waals surface area contributed by atoms with Gasteiger partial charge >= 0.3 is 0 Å². The highest BCUT2D eigenvalue weighted by Crippen LogP contribution is 2.63. The van der Waals surface area contributed by atoms with E-state index in [-0.39, 0.29) is 16.5 Å². The number of carbonyl (C=O) groups excluding carboxylic acids is 1. The average molecular weight is 512 g/mol. The lowest BCUT2D eigenvalue weighted by Crippen LogP contribution is -2.59. The first-order valence-corrected chi connectivity index (χ1v) is 13.1. The lowest BCUT2D eigenvalue weighted by atomic mass is 10.0. The Hall–Kier alpha value is -2.68. The predicted molar refractivity (Wildman–Crippen MR) is 134 cm³/mol. The molecule has 0 spiro atoms. The molecule has 3 unspecified atom stereocenters. The van der Waals surface area contributed by atoms with Crippen molar-refractivity contribution in [3.63, 3.8) is 0 Å². The van der Waals surface area contributed by atoms with E-state index in [1.807, 2.05) is 17.5 Å². The Bertz CT molecular complexity index is 1250. The van der Waals surface area contributed by atoms with Crippen LogP contribution in [-0.2, 0) is 4.74 Å². The SMILES string of the molecule is O=C(C[N+]12CCC3C(C1)[C@@]3(NC(=S)OC(c1cccc(F)c1)c1cccc(F)c1)C2)c1cccs1. The molecule has 3 aromatic rings. The van der Waals surface area contributed by atoms with E-state index in [0.29, 0.717) is 29.5 Å². The van der Waals surface area contributed by atoms with Gasteiger partial charge in [-0.3, -0.25) is 4.79 Å². The smallest absolute Gasteiger partial charge is 0.258 e. The number of thiophene rings is 1. The molecule has 1 N–H and O–H groups in total. The summed E-state index contributed by atoms with van der Waals surface area (Å²) in [5, 5.41) is 5.65. The standard InChI is InChI=1S/C27H24F2N2O2S2/c28-19-6-1-4-17(12-19)25(18-5-2-7-20(29)13-18)33-26(34)30-27-16-31(10-9-21(27)22(27)14-31)15-23(32)24-8-3-11-35-24/h1-8,11-13,21-22,25H,9-10,14-16H2/p+1/t21?,22?,27-,31?/m1/s1. The van der Waals surface area contributed by atoms with Crippen LogP contribution in [0.25, 0.3) is 0 Å². The summed E-state index contributed by atoms with van der Waals surface area (Å²) >= 11 is 7.14. The van der Waals surface area contributed by atoms with Gasteiger partial charge in [0.05, 0.1) is 18.0 Å². The zero-order valence-electron chi connectivity index (χ0n) is 19.0. The average Bonchev–Trinajstić information content (AvgIpc) is 3.17. The number of thiocarbonyl (C=S) groups is 1. The van der Waals surface area contributed by atoms with Crippen LogP contribution in [0.1, 0.15) is 33.3 Å². The van der Waals surface area contributed by atoms with Crippen LogP contribution in [0.15, 0.2) is 66.0 Å². The molecule has 1 aliphatic carbocycles. The third-order valence-electron chi connectivity index (χ3n) is 7.93. The lowest BCUT2D eigenvalue weighted by molar-refractivity contribution is -0.921. The van der Waals surface area contributed by atoms with Crippen LogP contribution in [0.3, 0.4) is 0 Å². The highest BCUT2D eigenvalue weighted by atomic mass is 32.1. The molecule has 180 valence electrons. The van der Waals surface area contributed by atoms with E-state index in [1.54, 1.807) is 24.3 Å². The van der Waals surface area contributed by atoms with Crippen LogP contribution in [0.5, 0.6) is 0 Å². The normalized spacial score (nSPS) is 28.1. The number of nitrogens with zero attached hydrogens (tertiary/aromatic N) is 1. The minimum Gasteiger partial charge on any atom is -0.458 e. The number of halogens is 2. The molecular weight excluding hydrogens is 486 g/mol. The van der Waals surface area contributed by atoms with E-state index in [1.165, 1.54) is 35.6 Å². The number of benzene rings is 2. The van der Waals surface area contributed by atoms with E-state index in [0.717, 1.165) is 35.4 Å². The van der Waals surface area contributed by atoms with Crippen molar-refractivity contribution >= 4 is 34.5 Å². The molecule has 0 radical (unpaired) electrons. The maximum atomic E-state index is 14.0. The number of piperidine rings is 3. The molecule has 8 heteroatoms. The van der Waals surface area contributed by atoms with Crippen LogP contribution in [0.2, 0.25) is 0 Å².